The van der Waals surface area contributed by atoms with Crippen LogP contribution in [0.3, 0.4) is 0 Å². The molecule has 18 heavy (non-hydrogen) atoms. The van der Waals surface area contributed by atoms with Gasteiger partial charge in [0.1, 0.15) is 0 Å². The van der Waals surface area contributed by atoms with E-state index in [4.69, 9.17) is 9.47 Å². The fourth-order valence-electron chi connectivity index (χ4n) is 3.03. The van der Waals surface area contributed by atoms with E-state index in [1.165, 1.54) is 5.56 Å². The third-order valence-electron chi connectivity index (χ3n) is 3.96. The predicted molar refractivity (Wildman–Crippen MR) is 68.2 cm³/mol. The molecule has 0 aliphatic carbocycles. The van der Waals surface area contributed by atoms with Crippen molar-refractivity contribution in [2.75, 3.05) is 26.8 Å². The molecule has 98 valence electrons. The number of ether oxygens (including phenoxy) is 2. The number of nitrogens with zero attached hydrogens (tertiary/aromatic N) is 2. The van der Waals surface area contributed by atoms with Crippen molar-refractivity contribution < 1.29 is 9.47 Å². The monoisotopic (exact) mass is 248 g/mol. The van der Waals surface area contributed by atoms with Crippen LogP contribution in [0.1, 0.15) is 18.4 Å². The Kier molecular flexibility index (Phi) is 3.33. The zero-order valence-electron chi connectivity index (χ0n) is 10.8. The van der Waals surface area contributed by atoms with Crippen LogP contribution in [0.15, 0.2) is 24.5 Å². The molecule has 2 saturated heterocycles. The molecule has 4 nitrogen and oxygen atoms in total. The second kappa shape index (κ2) is 4.96. The average molecular weight is 248 g/mol. The van der Waals surface area contributed by atoms with Gasteiger partial charge in [0.2, 0.25) is 0 Å². The second-order valence-electron chi connectivity index (χ2n) is 5.38. The van der Waals surface area contributed by atoms with Crippen LogP contribution < -0.4 is 0 Å². The Labute approximate surface area is 108 Å². The Morgan fingerprint density at radius 1 is 1.44 bits per heavy atom. The molecule has 1 aromatic rings. The lowest BCUT2D eigenvalue weighted by Gasteiger charge is -2.53. The molecule has 0 N–H and O–H groups in total. The molecule has 0 saturated carbocycles. The van der Waals surface area contributed by atoms with Gasteiger partial charge < -0.3 is 9.47 Å². The number of aromatic nitrogens is 1. The molecule has 1 aromatic heterocycles. The Morgan fingerprint density at radius 3 is 2.94 bits per heavy atom. The van der Waals surface area contributed by atoms with Crippen LogP contribution in [0.4, 0.5) is 0 Å². The quantitative estimate of drug-likeness (QED) is 0.811. The molecule has 0 unspecified atom stereocenters. The number of hydrogen-bond acceptors (Lipinski definition) is 4. The first-order valence-corrected chi connectivity index (χ1v) is 6.58. The molecular weight excluding hydrogens is 228 g/mol. The lowest BCUT2D eigenvalue weighted by atomic mass is 9.84. The molecule has 3 heterocycles. The SMILES string of the molecule is CO[C@@H]1CCOC2(C1)CN(Cc1ccncc1)C2. The predicted octanol–water partition coefficient (Wildman–Crippen LogP) is 1.46. The molecule has 4 heteroatoms. The van der Waals surface area contributed by atoms with Gasteiger partial charge in [-0.15, -0.1) is 0 Å². The topological polar surface area (TPSA) is 34.6 Å². The van der Waals surface area contributed by atoms with Crippen LogP contribution in [-0.4, -0.2) is 48.4 Å². The van der Waals surface area contributed by atoms with Crippen LogP contribution >= 0.6 is 0 Å². The maximum Gasteiger partial charge on any atom is 0.0959 e. The van der Waals surface area contributed by atoms with E-state index in [-0.39, 0.29) is 5.60 Å². The van der Waals surface area contributed by atoms with E-state index in [1.807, 2.05) is 12.4 Å². The summed E-state index contributed by atoms with van der Waals surface area (Å²) in [4.78, 5) is 6.47. The van der Waals surface area contributed by atoms with Crippen molar-refractivity contribution in [2.45, 2.75) is 31.1 Å². The number of rotatable bonds is 3. The zero-order chi connectivity index (χ0) is 12.4. The normalized spacial score (nSPS) is 27.1. The van der Waals surface area contributed by atoms with E-state index in [1.54, 1.807) is 7.11 Å². The van der Waals surface area contributed by atoms with Gasteiger partial charge in [0.05, 0.1) is 11.7 Å². The number of pyridine rings is 1. The summed E-state index contributed by atoms with van der Waals surface area (Å²) in [6.07, 6.45) is 6.15. The molecule has 2 fully saturated rings. The van der Waals surface area contributed by atoms with Gasteiger partial charge in [-0.05, 0) is 24.1 Å². The molecule has 0 bridgehead atoms. The van der Waals surface area contributed by atoms with Crippen molar-refractivity contribution in [1.29, 1.82) is 0 Å². The molecule has 0 aromatic carbocycles. The maximum atomic E-state index is 5.97. The Morgan fingerprint density at radius 2 is 2.22 bits per heavy atom. The smallest absolute Gasteiger partial charge is 0.0959 e. The fourth-order valence-corrected chi connectivity index (χ4v) is 3.03. The van der Waals surface area contributed by atoms with Gasteiger partial charge in [-0.1, -0.05) is 0 Å². The van der Waals surface area contributed by atoms with Crippen LogP contribution in [-0.2, 0) is 16.0 Å². The van der Waals surface area contributed by atoms with E-state index in [0.717, 1.165) is 39.1 Å². The van der Waals surface area contributed by atoms with Gasteiger partial charge in [0, 0.05) is 52.2 Å². The zero-order valence-corrected chi connectivity index (χ0v) is 10.8. The Balaban J connectivity index is 1.53. The molecule has 0 amide bonds. The highest BCUT2D eigenvalue weighted by molar-refractivity contribution is 5.12. The fraction of sp³-hybridized carbons (Fsp3) is 0.643. The Hall–Kier alpha value is -0.970. The summed E-state index contributed by atoms with van der Waals surface area (Å²) >= 11 is 0. The average Bonchev–Trinajstić information content (AvgIpc) is 2.38. The van der Waals surface area contributed by atoms with Gasteiger partial charge in [0.15, 0.2) is 0 Å². The first kappa shape index (κ1) is 12.1. The second-order valence-corrected chi connectivity index (χ2v) is 5.38. The van der Waals surface area contributed by atoms with E-state index >= 15 is 0 Å². The van der Waals surface area contributed by atoms with Crippen molar-refractivity contribution in [3.8, 4) is 0 Å². The minimum atomic E-state index is 0.0615. The standard InChI is InChI=1S/C14H20N2O2/c1-17-13-4-7-18-14(8-13)10-16(11-14)9-12-2-5-15-6-3-12/h2-3,5-6,13H,4,7-11H2,1H3/t13-/m1/s1. The summed E-state index contributed by atoms with van der Waals surface area (Å²) in [6, 6.07) is 4.15. The lowest BCUT2D eigenvalue weighted by molar-refractivity contribution is -0.195. The number of hydrogen-bond donors (Lipinski definition) is 0. The third-order valence-corrected chi connectivity index (χ3v) is 3.96. The first-order chi connectivity index (χ1) is 8.80. The van der Waals surface area contributed by atoms with Crippen LogP contribution in [0, 0.1) is 0 Å². The summed E-state index contributed by atoms with van der Waals surface area (Å²) in [5.74, 6) is 0. The molecule has 0 radical (unpaired) electrons. The molecule has 2 aliphatic heterocycles. The summed E-state index contributed by atoms with van der Waals surface area (Å²) in [5.41, 5.74) is 1.38. The minimum Gasteiger partial charge on any atom is -0.381 e. The van der Waals surface area contributed by atoms with Gasteiger partial charge in [-0.2, -0.15) is 0 Å². The summed E-state index contributed by atoms with van der Waals surface area (Å²) < 4.78 is 11.4. The molecule has 1 spiro atoms. The van der Waals surface area contributed by atoms with Crippen molar-refractivity contribution in [3.63, 3.8) is 0 Å². The van der Waals surface area contributed by atoms with Gasteiger partial charge in [-0.25, -0.2) is 0 Å². The van der Waals surface area contributed by atoms with E-state index in [9.17, 15) is 0 Å². The van der Waals surface area contributed by atoms with Gasteiger partial charge >= 0.3 is 0 Å². The lowest BCUT2D eigenvalue weighted by Crippen LogP contribution is -2.65. The highest BCUT2D eigenvalue weighted by Gasteiger charge is 2.47. The third kappa shape index (κ3) is 2.41. The van der Waals surface area contributed by atoms with Crippen molar-refractivity contribution >= 4 is 0 Å². The number of likely N-dealkylation sites (tertiary alicyclic amines) is 1. The van der Waals surface area contributed by atoms with E-state index in [2.05, 4.69) is 22.0 Å². The highest BCUT2D eigenvalue weighted by atomic mass is 16.5. The van der Waals surface area contributed by atoms with Crippen LogP contribution in [0.25, 0.3) is 0 Å². The highest BCUT2D eigenvalue weighted by Crippen LogP contribution is 2.35. The molecule has 3 rings (SSSR count). The molecular formula is C14H20N2O2. The van der Waals surface area contributed by atoms with E-state index in [0.29, 0.717) is 6.10 Å². The van der Waals surface area contributed by atoms with Crippen molar-refractivity contribution in [1.82, 2.24) is 9.88 Å². The Bertz CT molecular complexity index is 390. The van der Waals surface area contributed by atoms with Crippen LogP contribution in [0.5, 0.6) is 0 Å². The minimum absolute atomic E-state index is 0.0615. The van der Waals surface area contributed by atoms with E-state index < -0.39 is 0 Å². The van der Waals surface area contributed by atoms with Gasteiger partial charge in [0.25, 0.3) is 0 Å². The maximum absolute atomic E-state index is 5.97. The first-order valence-electron chi connectivity index (χ1n) is 6.58. The van der Waals surface area contributed by atoms with Crippen LogP contribution in [0.2, 0.25) is 0 Å². The summed E-state index contributed by atoms with van der Waals surface area (Å²) in [5, 5.41) is 0. The largest absolute Gasteiger partial charge is 0.381 e. The van der Waals surface area contributed by atoms with Gasteiger partial charge in [-0.3, -0.25) is 9.88 Å². The number of methoxy groups -OCH3 is 1. The molecule has 1 atom stereocenters. The summed E-state index contributed by atoms with van der Waals surface area (Å²) in [6.45, 7) is 3.87. The van der Waals surface area contributed by atoms with Crippen molar-refractivity contribution in [3.05, 3.63) is 30.1 Å². The van der Waals surface area contributed by atoms with Crippen molar-refractivity contribution in [2.24, 2.45) is 0 Å². The summed E-state index contributed by atoms with van der Waals surface area (Å²) in [7, 11) is 1.80. The molecule has 2 aliphatic rings.